The zero-order valence-electron chi connectivity index (χ0n) is 17.4. The lowest BCUT2D eigenvalue weighted by Gasteiger charge is -2.29. The van der Waals surface area contributed by atoms with Gasteiger partial charge in [-0.15, -0.1) is 0 Å². The summed E-state index contributed by atoms with van der Waals surface area (Å²) in [6.07, 6.45) is -0.473. The van der Waals surface area contributed by atoms with Crippen molar-refractivity contribution in [1.82, 2.24) is 9.62 Å². The van der Waals surface area contributed by atoms with E-state index in [0.29, 0.717) is 10.8 Å². The molecule has 1 fully saturated rings. The van der Waals surface area contributed by atoms with Crippen LogP contribution in [0.2, 0.25) is 0 Å². The molecule has 0 radical (unpaired) electrons. The molecule has 0 bridgehead atoms. The van der Waals surface area contributed by atoms with Crippen LogP contribution >= 0.6 is 0 Å². The number of anilines is 1. The fourth-order valence-electron chi connectivity index (χ4n) is 4.40. The monoisotopic (exact) mass is 464 g/mol. The van der Waals surface area contributed by atoms with Crippen LogP contribution in [0.15, 0.2) is 23.1 Å². The first kappa shape index (κ1) is 22.2. The fourth-order valence-corrected chi connectivity index (χ4v) is 5.96. The lowest BCUT2D eigenvalue weighted by Crippen LogP contribution is -2.54. The predicted octanol–water partition coefficient (Wildman–Crippen LogP) is 0.583. The number of alkyl halides is 1. The zero-order valence-corrected chi connectivity index (χ0v) is 18.2. The van der Waals surface area contributed by atoms with Gasteiger partial charge in [0.05, 0.1) is 17.9 Å². The number of hydrogen-bond acceptors (Lipinski definition) is 6. The molecule has 1 aromatic rings. The maximum absolute atomic E-state index is 14.0. The number of fused-ring (bicyclic) bond motifs is 2. The molecule has 3 aliphatic rings. The summed E-state index contributed by atoms with van der Waals surface area (Å²) in [6, 6.07) is 4.43. The van der Waals surface area contributed by atoms with Crippen LogP contribution in [-0.2, 0) is 19.6 Å². The number of hydrogen-bond donors (Lipinski definition) is 2. The predicted molar refractivity (Wildman–Crippen MR) is 111 cm³/mol. The largest absolute Gasteiger partial charge is 0.365 e. The summed E-state index contributed by atoms with van der Waals surface area (Å²) in [5.41, 5.74) is 0.636. The lowest BCUT2D eigenvalue weighted by molar-refractivity contribution is -0.542. The molecule has 1 saturated heterocycles. The van der Waals surface area contributed by atoms with E-state index in [1.54, 1.807) is 6.07 Å². The number of rotatable bonds is 5. The minimum absolute atomic E-state index is 0.00788. The van der Waals surface area contributed by atoms with Gasteiger partial charge in [-0.05, 0) is 12.1 Å². The van der Waals surface area contributed by atoms with E-state index in [0.717, 1.165) is 12.1 Å². The Hall–Kier alpha value is -3.04. The van der Waals surface area contributed by atoms with Crippen molar-refractivity contribution in [2.75, 3.05) is 31.6 Å². The maximum Gasteiger partial charge on any atom is 0.336 e. The van der Waals surface area contributed by atoms with Crippen LogP contribution in [0.25, 0.3) is 0 Å². The summed E-state index contributed by atoms with van der Waals surface area (Å²) >= 11 is 0. The van der Waals surface area contributed by atoms with E-state index in [2.05, 4.69) is 10.6 Å². The maximum atomic E-state index is 14.0. The Kier molecular flexibility index (Phi) is 5.87. The Morgan fingerprint density at radius 3 is 2.97 bits per heavy atom. The van der Waals surface area contributed by atoms with Crippen molar-refractivity contribution in [2.24, 2.45) is 0 Å². The van der Waals surface area contributed by atoms with E-state index in [4.69, 9.17) is 4.74 Å². The van der Waals surface area contributed by atoms with Crippen molar-refractivity contribution in [2.45, 2.75) is 43.0 Å². The first-order chi connectivity index (χ1) is 15.3. The number of amides is 3. The summed E-state index contributed by atoms with van der Waals surface area (Å²) in [5, 5.41) is 14.4. The summed E-state index contributed by atoms with van der Waals surface area (Å²) in [7, 11) is -4.41. The molecule has 12 heteroatoms. The van der Waals surface area contributed by atoms with Gasteiger partial charge in [0.1, 0.15) is 36.2 Å². The van der Waals surface area contributed by atoms with Gasteiger partial charge < -0.3 is 15.4 Å². The molecular weight excluding hydrogens is 441 g/mol. The average molecular weight is 464 g/mol. The van der Waals surface area contributed by atoms with Gasteiger partial charge in [-0.2, -0.15) is 5.26 Å². The van der Waals surface area contributed by atoms with Crippen LogP contribution in [0.3, 0.4) is 0 Å². The molecule has 0 aliphatic carbocycles. The van der Waals surface area contributed by atoms with Gasteiger partial charge in [-0.3, -0.25) is 4.79 Å². The van der Waals surface area contributed by atoms with Crippen LogP contribution in [-0.4, -0.2) is 79.5 Å². The molecule has 3 aliphatic heterocycles. The number of sulfonamides is 1. The Morgan fingerprint density at radius 2 is 2.25 bits per heavy atom. The molecule has 10 nitrogen and oxygen atoms in total. The quantitative estimate of drug-likeness (QED) is 0.613. The van der Waals surface area contributed by atoms with Gasteiger partial charge in [-0.25, -0.2) is 26.5 Å². The average Bonchev–Trinajstić information content (AvgIpc) is 3.13. The standard InChI is InChI=1S/C20H22FN5O5S/c1-2-6-25-9-13(21)7-16-18(25)15(11-31-16)23-17(27)10-26-20(28)24-14-5-3-4-12(8-22)19(14)32(26,29)30/h3-5,13,15-16H,2,6-7,9-11H2,1H3,(H-,23,24,27,28)/p+1/t13?,15-,16?/m0/s1. The third-order valence-electron chi connectivity index (χ3n) is 5.67. The summed E-state index contributed by atoms with van der Waals surface area (Å²) in [4.78, 5) is 24.8. The van der Waals surface area contributed by atoms with Gasteiger partial charge in [0.15, 0.2) is 12.7 Å². The zero-order chi connectivity index (χ0) is 23.0. The highest BCUT2D eigenvalue weighted by Gasteiger charge is 2.47. The number of benzene rings is 1. The number of nitrogens with zero attached hydrogens (tertiary/aromatic N) is 3. The number of nitriles is 1. The van der Waals surface area contributed by atoms with Crippen molar-refractivity contribution in [3.63, 3.8) is 0 Å². The second-order valence-corrected chi connectivity index (χ2v) is 9.68. The topological polar surface area (TPSA) is 132 Å². The van der Waals surface area contributed by atoms with Gasteiger partial charge in [0.2, 0.25) is 11.6 Å². The first-order valence-corrected chi connectivity index (χ1v) is 11.7. The Balaban J connectivity index is 1.55. The summed E-state index contributed by atoms with van der Waals surface area (Å²) < 4.78 is 48.0. The number of carbonyl (C=O) groups is 2. The SMILES string of the molecule is CCC[N+]1=C2C(CC(F)C1)OC[C@@H]2NC(=O)CN1C(=O)Nc2cccc(C#N)c2S1(=O)=O. The molecule has 1 aromatic carbocycles. The molecule has 3 heterocycles. The van der Waals surface area contributed by atoms with E-state index in [1.807, 2.05) is 11.5 Å². The number of urea groups is 1. The first-order valence-electron chi connectivity index (χ1n) is 10.3. The Bertz CT molecular complexity index is 1150. The van der Waals surface area contributed by atoms with Gasteiger partial charge in [-0.1, -0.05) is 13.0 Å². The summed E-state index contributed by atoms with van der Waals surface area (Å²) in [5.74, 6) is -0.706. The minimum atomic E-state index is -4.41. The smallest absolute Gasteiger partial charge is 0.336 e. The molecule has 3 amide bonds. The minimum Gasteiger partial charge on any atom is -0.365 e. The molecule has 170 valence electrons. The van der Waals surface area contributed by atoms with Gasteiger partial charge in [0, 0.05) is 12.8 Å². The third kappa shape index (κ3) is 3.82. The molecule has 32 heavy (non-hydrogen) atoms. The van der Waals surface area contributed by atoms with Gasteiger partial charge >= 0.3 is 6.03 Å². The number of carbonyl (C=O) groups excluding carboxylic acids is 2. The van der Waals surface area contributed by atoms with Crippen molar-refractivity contribution in [3.05, 3.63) is 23.8 Å². The number of nitrogens with one attached hydrogen (secondary N) is 2. The van der Waals surface area contributed by atoms with E-state index in [1.165, 1.54) is 18.2 Å². The molecule has 0 aromatic heterocycles. The van der Waals surface area contributed by atoms with E-state index >= 15 is 0 Å². The van der Waals surface area contributed by atoms with Crippen molar-refractivity contribution < 1.29 is 31.7 Å². The normalized spacial score (nSPS) is 26.1. The van der Waals surface area contributed by atoms with E-state index < -0.39 is 46.8 Å². The fraction of sp³-hybridized carbons (Fsp3) is 0.500. The molecule has 2 N–H and O–H groups in total. The second-order valence-electron chi connectivity index (χ2n) is 7.88. The highest BCUT2D eigenvalue weighted by molar-refractivity contribution is 7.90. The highest BCUT2D eigenvalue weighted by atomic mass is 32.2. The number of ether oxygens (including phenoxy) is 1. The number of halogens is 1. The third-order valence-corrected chi connectivity index (χ3v) is 7.50. The van der Waals surface area contributed by atoms with Crippen LogP contribution in [0, 0.1) is 11.3 Å². The van der Waals surface area contributed by atoms with E-state index in [-0.39, 0.29) is 35.7 Å². The van der Waals surface area contributed by atoms with Crippen LogP contribution in [0.5, 0.6) is 0 Å². The van der Waals surface area contributed by atoms with Crippen molar-refractivity contribution in [1.29, 1.82) is 5.26 Å². The van der Waals surface area contributed by atoms with Crippen LogP contribution in [0.4, 0.5) is 14.9 Å². The molecule has 0 saturated carbocycles. The highest BCUT2D eigenvalue weighted by Crippen LogP contribution is 2.32. The van der Waals surface area contributed by atoms with Gasteiger partial charge in [0.25, 0.3) is 10.0 Å². The molecule has 4 rings (SSSR count). The summed E-state index contributed by atoms with van der Waals surface area (Å²) in [6.45, 7) is 2.17. The van der Waals surface area contributed by atoms with Crippen molar-refractivity contribution in [3.8, 4) is 6.07 Å². The van der Waals surface area contributed by atoms with Crippen LogP contribution in [0.1, 0.15) is 25.3 Å². The van der Waals surface area contributed by atoms with Crippen LogP contribution < -0.4 is 10.6 Å². The lowest BCUT2D eigenvalue weighted by atomic mass is 10.00. The molecule has 0 spiro atoms. The van der Waals surface area contributed by atoms with Crippen molar-refractivity contribution >= 4 is 33.4 Å². The second kappa shape index (κ2) is 8.48. The molecule has 3 atom stereocenters. The molecular formula is C20H23FN5O5S+. The Morgan fingerprint density at radius 1 is 1.47 bits per heavy atom. The molecule has 2 unspecified atom stereocenters. The Labute approximate surface area is 184 Å². The van der Waals surface area contributed by atoms with E-state index in [9.17, 15) is 27.7 Å².